The summed E-state index contributed by atoms with van der Waals surface area (Å²) in [4.78, 5) is 56.4. The third-order valence-corrected chi connectivity index (χ3v) is 5.05. The van der Waals surface area contributed by atoms with Gasteiger partial charge in [0.15, 0.2) is 17.8 Å². The summed E-state index contributed by atoms with van der Waals surface area (Å²) < 4.78 is 32.3. The predicted octanol–water partition coefficient (Wildman–Crippen LogP) is -2.30. The van der Waals surface area contributed by atoms with Gasteiger partial charge in [-0.05, 0) is 19.1 Å². The van der Waals surface area contributed by atoms with Crippen LogP contribution in [0.1, 0.15) is 18.4 Å². The van der Waals surface area contributed by atoms with Crippen LogP contribution >= 0.6 is 0 Å². The first-order valence-electron chi connectivity index (χ1n) is 8.42. The number of hydrogen-bond donors (Lipinski definition) is 5. The van der Waals surface area contributed by atoms with Crippen molar-refractivity contribution in [1.82, 2.24) is 0 Å². The second-order valence-electron chi connectivity index (χ2n) is 6.43. The van der Waals surface area contributed by atoms with E-state index in [1.807, 2.05) is 0 Å². The fraction of sp³-hybridized carbons (Fsp3) is 0.353. The molecule has 176 valence electrons. The zero-order chi connectivity index (χ0) is 24.9. The first-order chi connectivity index (χ1) is 14.6. The number of ether oxygens (including phenoxy) is 1. The van der Waals surface area contributed by atoms with Crippen LogP contribution < -0.4 is 0 Å². The average Bonchev–Trinajstić information content (AvgIpc) is 2.65. The minimum atomic E-state index is -4.69. The Bertz CT molecular complexity index is 1010. The van der Waals surface area contributed by atoms with Crippen molar-refractivity contribution in [1.29, 1.82) is 0 Å². The van der Waals surface area contributed by atoms with E-state index in [0.717, 1.165) is 12.1 Å². The normalized spacial score (nSPS) is 15.0. The molecule has 5 N–H and O–H groups in total. The Kier molecular flexibility index (Phi) is 8.55. The number of aryl methyl sites for hydroxylation is 1. The van der Waals surface area contributed by atoms with Crippen LogP contribution in [-0.4, -0.2) is 81.6 Å². The van der Waals surface area contributed by atoms with Crippen LogP contribution in [0.2, 0.25) is 0 Å². The molecule has 0 saturated heterocycles. The largest absolute Gasteiger partial charge is 0.479 e. The van der Waals surface area contributed by atoms with E-state index >= 15 is 0 Å². The molecule has 1 aromatic rings. The van der Waals surface area contributed by atoms with Gasteiger partial charge in [0.05, 0.1) is 12.8 Å². The SMILES string of the molecule is Cc1ccc(S(=O)(=O)OC(=O)CC(O)(CC(=O)OC(=O)C(O)C(O)C(=O)O)C(=O)O)cc1. The fourth-order valence-corrected chi connectivity index (χ4v) is 2.94. The molecule has 0 fully saturated rings. The van der Waals surface area contributed by atoms with E-state index in [2.05, 4.69) is 8.92 Å². The Labute approximate surface area is 179 Å². The highest BCUT2D eigenvalue weighted by Gasteiger charge is 2.44. The van der Waals surface area contributed by atoms with Gasteiger partial charge in [-0.15, -0.1) is 0 Å². The maximum Gasteiger partial charge on any atom is 0.346 e. The van der Waals surface area contributed by atoms with Gasteiger partial charge in [0.1, 0.15) is 4.90 Å². The van der Waals surface area contributed by atoms with Crippen LogP contribution in [0.25, 0.3) is 0 Å². The van der Waals surface area contributed by atoms with Crippen LogP contribution in [0.3, 0.4) is 0 Å². The number of carboxylic acids is 2. The summed E-state index contributed by atoms with van der Waals surface area (Å²) in [6, 6.07) is 4.97. The Hall–Kier alpha value is -3.40. The first-order valence-corrected chi connectivity index (χ1v) is 9.83. The Morgan fingerprint density at radius 1 is 0.938 bits per heavy atom. The molecule has 0 amide bonds. The van der Waals surface area contributed by atoms with E-state index < -0.39 is 75.5 Å². The number of carbonyl (C=O) groups excluding carboxylic acids is 3. The quantitative estimate of drug-likeness (QED) is 0.135. The van der Waals surface area contributed by atoms with Gasteiger partial charge in [-0.1, -0.05) is 17.7 Å². The molecule has 0 heterocycles. The maximum absolute atomic E-state index is 12.1. The zero-order valence-electron chi connectivity index (χ0n) is 16.2. The molecule has 0 saturated carbocycles. The van der Waals surface area contributed by atoms with Crippen molar-refractivity contribution in [2.24, 2.45) is 0 Å². The van der Waals surface area contributed by atoms with Crippen molar-refractivity contribution in [2.45, 2.75) is 42.5 Å². The number of hydrogen-bond acceptors (Lipinski definition) is 12. The van der Waals surface area contributed by atoms with E-state index in [1.54, 1.807) is 6.92 Å². The third-order valence-electron chi connectivity index (χ3n) is 3.79. The standard InChI is InChI=1S/C17H18O14S/c1-8-2-4-9(5-3-8)32(28,29)31-11(19)7-17(27,16(25)26)6-10(18)30-15(24)13(21)12(20)14(22)23/h2-5,12-13,20-21,27H,6-7H2,1H3,(H,22,23)(H,25,26). The fourth-order valence-electron chi connectivity index (χ4n) is 2.07. The zero-order valence-corrected chi connectivity index (χ0v) is 17.0. The van der Waals surface area contributed by atoms with Gasteiger partial charge in [0.2, 0.25) is 0 Å². The summed E-state index contributed by atoms with van der Waals surface area (Å²) in [6.07, 6.45) is -8.57. The summed E-state index contributed by atoms with van der Waals surface area (Å²) in [6.45, 7) is 1.65. The number of esters is 2. The monoisotopic (exact) mass is 478 g/mol. The van der Waals surface area contributed by atoms with Crippen molar-refractivity contribution < 1.29 is 66.8 Å². The number of aliphatic hydroxyl groups is 3. The lowest BCUT2D eigenvalue weighted by Gasteiger charge is -2.21. The van der Waals surface area contributed by atoms with Gasteiger partial charge in [-0.3, -0.25) is 9.59 Å². The van der Waals surface area contributed by atoms with E-state index in [9.17, 15) is 42.6 Å². The Balaban J connectivity index is 2.88. The molecule has 0 spiro atoms. The molecule has 15 heteroatoms. The molecule has 1 rings (SSSR count). The highest BCUT2D eigenvalue weighted by molar-refractivity contribution is 7.87. The van der Waals surface area contributed by atoms with Crippen LogP contribution in [-0.2, 0) is 43.0 Å². The van der Waals surface area contributed by atoms with Crippen LogP contribution in [0.5, 0.6) is 0 Å². The molecule has 0 bridgehead atoms. The van der Waals surface area contributed by atoms with Crippen molar-refractivity contribution >= 4 is 40.0 Å². The van der Waals surface area contributed by atoms with Gasteiger partial charge in [0, 0.05) is 0 Å². The summed E-state index contributed by atoms with van der Waals surface area (Å²) in [5.41, 5.74) is -2.61. The molecule has 0 aromatic heterocycles. The Morgan fingerprint density at radius 3 is 1.91 bits per heavy atom. The highest BCUT2D eigenvalue weighted by atomic mass is 32.2. The van der Waals surface area contributed by atoms with Gasteiger partial charge in [-0.25, -0.2) is 14.4 Å². The topological polar surface area (TPSA) is 239 Å². The molecule has 0 aliphatic heterocycles. The predicted molar refractivity (Wildman–Crippen MR) is 97.0 cm³/mol. The minimum absolute atomic E-state index is 0.453. The molecular formula is C17H18O14S. The molecule has 0 aliphatic rings. The molecule has 32 heavy (non-hydrogen) atoms. The molecule has 0 radical (unpaired) electrons. The van der Waals surface area contributed by atoms with Crippen molar-refractivity contribution in [2.75, 3.05) is 0 Å². The smallest absolute Gasteiger partial charge is 0.346 e. The van der Waals surface area contributed by atoms with E-state index in [-0.39, 0.29) is 0 Å². The van der Waals surface area contributed by atoms with Crippen LogP contribution in [0.4, 0.5) is 0 Å². The summed E-state index contributed by atoms with van der Waals surface area (Å²) in [7, 11) is -4.69. The van der Waals surface area contributed by atoms with E-state index in [4.69, 9.17) is 15.3 Å². The van der Waals surface area contributed by atoms with Crippen LogP contribution in [0.15, 0.2) is 29.2 Å². The summed E-state index contributed by atoms with van der Waals surface area (Å²) >= 11 is 0. The first kappa shape index (κ1) is 26.6. The van der Waals surface area contributed by atoms with Gasteiger partial charge < -0.3 is 34.5 Å². The number of rotatable bonds is 10. The third kappa shape index (κ3) is 7.09. The number of carbonyl (C=O) groups is 5. The van der Waals surface area contributed by atoms with Gasteiger partial charge >= 0.3 is 40.0 Å². The second-order valence-corrected chi connectivity index (χ2v) is 7.98. The lowest BCUT2D eigenvalue weighted by atomic mass is 9.96. The molecule has 0 aliphatic carbocycles. The maximum atomic E-state index is 12.1. The van der Waals surface area contributed by atoms with E-state index in [1.165, 1.54) is 12.1 Å². The molecule has 3 unspecified atom stereocenters. The number of aliphatic hydroxyl groups excluding tert-OH is 2. The lowest BCUT2D eigenvalue weighted by Crippen LogP contribution is -2.45. The average molecular weight is 478 g/mol. The number of benzene rings is 1. The second kappa shape index (κ2) is 10.3. The number of aliphatic carboxylic acids is 2. The molecule has 14 nitrogen and oxygen atoms in total. The van der Waals surface area contributed by atoms with Gasteiger partial charge in [0.25, 0.3) is 0 Å². The summed E-state index contributed by atoms with van der Waals surface area (Å²) in [5, 5.41) is 45.9. The van der Waals surface area contributed by atoms with Crippen molar-refractivity contribution in [3.8, 4) is 0 Å². The lowest BCUT2D eigenvalue weighted by molar-refractivity contribution is -0.181. The number of carboxylic acid groups (broad SMARTS) is 2. The molecule has 3 atom stereocenters. The minimum Gasteiger partial charge on any atom is -0.479 e. The van der Waals surface area contributed by atoms with E-state index in [0.29, 0.717) is 5.56 Å². The molecular weight excluding hydrogens is 460 g/mol. The highest BCUT2D eigenvalue weighted by Crippen LogP contribution is 2.21. The molecule has 1 aromatic carbocycles. The van der Waals surface area contributed by atoms with Gasteiger partial charge in [-0.2, -0.15) is 8.42 Å². The Morgan fingerprint density at radius 2 is 1.44 bits per heavy atom. The van der Waals surface area contributed by atoms with Crippen molar-refractivity contribution in [3.05, 3.63) is 29.8 Å². The van der Waals surface area contributed by atoms with Crippen LogP contribution in [0, 0.1) is 6.92 Å². The summed E-state index contributed by atoms with van der Waals surface area (Å²) in [5.74, 6) is -9.83. The van der Waals surface area contributed by atoms with Crippen molar-refractivity contribution in [3.63, 3.8) is 0 Å².